The quantitative estimate of drug-likeness (QED) is 0.655. The number of rotatable bonds is 1. The van der Waals surface area contributed by atoms with Crippen molar-refractivity contribution in [2.75, 3.05) is 13.1 Å². The molecule has 1 heterocycles. The van der Waals surface area contributed by atoms with E-state index in [9.17, 15) is 10.2 Å². The van der Waals surface area contributed by atoms with Gasteiger partial charge in [-0.3, -0.25) is 4.90 Å². The third kappa shape index (κ3) is 2.47. The van der Waals surface area contributed by atoms with Gasteiger partial charge in [0.15, 0.2) is 0 Å². The molecule has 3 heteroatoms. The molecular formula is C11H21NO2. The molecule has 1 unspecified atom stereocenters. The van der Waals surface area contributed by atoms with E-state index < -0.39 is 0 Å². The Balaban J connectivity index is 1.82. The van der Waals surface area contributed by atoms with Crippen LogP contribution < -0.4 is 0 Å². The van der Waals surface area contributed by atoms with Crippen LogP contribution in [0.1, 0.15) is 38.5 Å². The number of aliphatic hydroxyl groups is 2. The number of aliphatic hydroxyl groups excluding tert-OH is 2. The van der Waals surface area contributed by atoms with E-state index in [-0.39, 0.29) is 12.2 Å². The first kappa shape index (κ1) is 10.4. The highest BCUT2D eigenvalue weighted by Crippen LogP contribution is 2.25. The van der Waals surface area contributed by atoms with Crippen LogP contribution in [0, 0.1) is 0 Å². The second kappa shape index (κ2) is 4.60. The maximum atomic E-state index is 9.57. The number of likely N-dealkylation sites (tertiary alicyclic amines) is 1. The number of piperidine rings is 1. The average Bonchev–Trinajstić information content (AvgIpc) is 2.19. The van der Waals surface area contributed by atoms with E-state index in [1.54, 1.807) is 0 Å². The molecule has 0 spiro atoms. The van der Waals surface area contributed by atoms with Gasteiger partial charge in [-0.2, -0.15) is 0 Å². The Bertz CT molecular complexity index is 178. The molecule has 2 N–H and O–H groups in total. The zero-order valence-corrected chi connectivity index (χ0v) is 8.73. The molecule has 1 saturated heterocycles. The van der Waals surface area contributed by atoms with Gasteiger partial charge in [0, 0.05) is 12.6 Å². The normalized spacial score (nSPS) is 41.1. The van der Waals surface area contributed by atoms with Gasteiger partial charge in [-0.05, 0) is 45.1 Å². The van der Waals surface area contributed by atoms with Crippen LogP contribution in [0.15, 0.2) is 0 Å². The van der Waals surface area contributed by atoms with Crippen LogP contribution in [-0.2, 0) is 0 Å². The Morgan fingerprint density at radius 2 is 1.57 bits per heavy atom. The van der Waals surface area contributed by atoms with Crippen molar-refractivity contribution in [1.29, 1.82) is 0 Å². The van der Waals surface area contributed by atoms with Crippen molar-refractivity contribution in [2.45, 2.75) is 56.8 Å². The van der Waals surface area contributed by atoms with Gasteiger partial charge in [0.1, 0.15) is 0 Å². The van der Waals surface area contributed by atoms with Gasteiger partial charge < -0.3 is 10.2 Å². The zero-order chi connectivity index (χ0) is 9.97. The molecule has 14 heavy (non-hydrogen) atoms. The maximum Gasteiger partial charge on any atom is 0.0667 e. The van der Waals surface area contributed by atoms with Gasteiger partial charge in [0.05, 0.1) is 12.2 Å². The van der Waals surface area contributed by atoms with E-state index in [1.807, 2.05) is 0 Å². The average molecular weight is 199 g/mol. The summed E-state index contributed by atoms with van der Waals surface area (Å²) in [6, 6.07) is 0.619. The van der Waals surface area contributed by atoms with Crippen molar-refractivity contribution in [3.05, 3.63) is 0 Å². The summed E-state index contributed by atoms with van der Waals surface area (Å²) in [7, 11) is 0. The van der Waals surface area contributed by atoms with E-state index in [0.717, 1.165) is 51.6 Å². The van der Waals surface area contributed by atoms with Crippen molar-refractivity contribution >= 4 is 0 Å². The fourth-order valence-corrected chi connectivity index (χ4v) is 2.74. The van der Waals surface area contributed by atoms with Crippen LogP contribution in [-0.4, -0.2) is 46.5 Å². The molecule has 1 atom stereocenters. The summed E-state index contributed by atoms with van der Waals surface area (Å²) in [4.78, 5) is 2.42. The second-order valence-electron chi connectivity index (χ2n) is 4.75. The Morgan fingerprint density at radius 3 is 2.21 bits per heavy atom. The topological polar surface area (TPSA) is 43.7 Å². The number of hydrogen-bond donors (Lipinski definition) is 2. The molecule has 0 aromatic rings. The number of β-amino-alcohol motifs (C(OH)–C–C–N with tert-alkyl or cyclic N) is 1. The summed E-state index contributed by atoms with van der Waals surface area (Å²) in [5.74, 6) is 0. The Kier molecular flexibility index (Phi) is 3.42. The summed E-state index contributed by atoms with van der Waals surface area (Å²) in [5, 5.41) is 19.0. The Labute approximate surface area is 85.7 Å². The van der Waals surface area contributed by atoms with E-state index >= 15 is 0 Å². The molecule has 3 nitrogen and oxygen atoms in total. The third-order valence-electron chi connectivity index (χ3n) is 3.61. The van der Waals surface area contributed by atoms with Crippen molar-refractivity contribution in [2.24, 2.45) is 0 Å². The minimum absolute atomic E-state index is 0.0686. The van der Waals surface area contributed by atoms with Crippen LogP contribution in [0.4, 0.5) is 0 Å². The lowest BCUT2D eigenvalue weighted by molar-refractivity contribution is 0.0180. The molecule has 1 aliphatic carbocycles. The lowest BCUT2D eigenvalue weighted by Gasteiger charge is -2.39. The smallest absolute Gasteiger partial charge is 0.0667 e. The van der Waals surface area contributed by atoms with Crippen molar-refractivity contribution in [3.63, 3.8) is 0 Å². The predicted octanol–water partition coefficient (Wildman–Crippen LogP) is 0.747. The fraction of sp³-hybridized carbons (Fsp3) is 1.00. The highest BCUT2D eigenvalue weighted by Gasteiger charge is 2.27. The minimum Gasteiger partial charge on any atom is -0.393 e. The summed E-state index contributed by atoms with van der Waals surface area (Å²) < 4.78 is 0. The van der Waals surface area contributed by atoms with Crippen molar-refractivity contribution < 1.29 is 10.2 Å². The van der Waals surface area contributed by atoms with Gasteiger partial charge in [0.25, 0.3) is 0 Å². The molecule has 1 saturated carbocycles. The van der Waals surface area contributed by atoms with Gasteiger partial charge in [-0.25, -0.2) is 0 Å². The monoisotopic (exact) mass is 199 g/mol. The maximum absolute atomic E-state index is 9.57. The fourth-order valence-electron chi connectivity index (χ4n) is 2.74. The van der Waals surface area contributed by atoms with Gasteiger partial charge in [-0.1, -0.05) is 0 Å². The SMILES string of the molecule is OC1CCC(N2CCCC(O)C2)CC1. The first-order valence-corrected chi connectivity index (χ1v) is 5.86. The summed E-state index contributed by atoms with van der Waals surface area (Å²) >= 11 is 0. The Hall–Kier alpha value is -0.120. The first-order chi connectivity index (χ1) is 6.75. The lowest BCUT2D eigenvalue weighted by Crippen LogP contribution is -2.46. The van der Waals surface area contributed by atoms with Gasteiger partial charge in [-0.15, -0.1) is 0 Å². The van der Waals surface area contributed by atoms with E-state index in [2.05, 4.69) is 4.90 Å². The molecule has 0 amide bonds. The molecule has 0 radical (unpaired) electrons. The van der Waals surface area contributed by atoms with Crippen molar-refractivity contribution in [3.8, 4) is 0 Å². The molecule has 0 bridgehead atoms. The predicted molar refractivity (Wildman–Crippen MR) is 55.1 cm³/mol. The Morgan fingerprint density at radius 1 is 0.857 bits per heavy atom. The molecule has 2 fully saturated rings. The minimum atomic E-state index is -0.115. The number of nitrogens with zero attached hydrogens (tertiary/aromatic N) is 1. The van der Waals surface area contributed by atoms with E-state index in [4.69, 9.17) is 0 Å². The molecular weight excluding hydrogens is 178 g/mol. The number of hydrogen-bond acceptors (Lipinski definition) is 3. The molecule has 82 valence electrons. The summed E-state index contributed by atoms with van der Waals surface area (Å²) in [6.45, 7) is 1.98. The molecule has 1 aliphatic heterocycles. The first-order valence-electron chi connectivity index (χ1n) is 5.86. The van der Waals surface area contributed by atoms with Crippen LogP contribution >= 0.6 is 0 Å². The standard InChI is InChI=1S/C11H21NO2/c13-10-5-3-9(4-6-10)12-7-1-2-11(14)8-12/h9-11,13-14H,1-8H2. The van der Waals surface area contributed by atoms with E-state index in [1.165, 1.54) is 0 Å². The largest absolute Gasteiger partial charge is 0.393 e. The van der Waals surface area contributed by atoms with E-state index in [0.29, 0.717) is 6.04 Å². The molecule has 0 aromatic heterocycles. The second-order valence-corrected chi connectivity index (χ2v) is 4.75. The summed E-state index contributed by atoms with van der Waals surface area (Å²) in [5.41, 5.74) is 0. The lowest BCUT2D eigenvalue weighted by atomic mass is 9.90. The molecule has 0 aromatic carbocycles. The third-order valence-corrected chi connectivity index (χ3v) is 3.61. The highest BCUT2D eigenvalue weighted by atomic mass is 16.3. The highest BCUT2D eigenvalue weighted by molar-refractivity contribution is 4.83. The van der Waals surface area contributed by atoms with Crippen LogP contribution in [0.5, 0.6) is 0 Å². The van der Waals surface area contributed by atoms with Crippen LogP contribution in [0.2, 0.25) is 0 Å². The molecule has 2 rings (SSSR count). The molecule has 2 aliphatic rings. The van der Waals surface area contributed by atoms with Crippen LogP contribution in [0.3, 0.4) is 0 Å². The van der Waals surface area contributed by atoms with Crippen LogP contribution in [0.25, 0.3) is 0 Å². The van der Waals surface area contributed by atoms with Crippen molar-refractivity contribution in [1.82, 2.24) is 4.90 Å². The van der Waals surface area contributed by atoms with Gasteiger partial charge in [0.2, 0.25) is 0 Å². The van der Waals surface area contributed by atoms with Gasteiger partial charge >= 0.3 is 0 Å². The zero-order valence-electron chi connectivity index (χ0n) is 8.73. The summed E-state index contributed by atoms with van der Waals surface area (Å²) in [6.07, 6.45) is 6.00.